The third kappa shape index (κ3) is 11.3. The van der Waals surface area contributed by atoms with E-state index in [1.807, 2.05) is 121 Å². The lowest BCUT2D eigenvalue weighted by Crippen LogP contribution is -2.28. The van der Waals surface area contributed by atoms with Crippen LogP contribution in [0.5, 0.6) is 0 Å². The smallest absolute Gasteiger partial charge is 0.164 e. The molecule has 120 heavy (non-hydrogen) atoms. The van der Waals surface area contributed by atoms with Crippen molar-refractivity contribution in [2.45, 2.75) is 10.8 Å². The van der Waals surface area contributed by atoms with Crippen molar-refractivity contribution in [2.24, 2.45) is 0 Å². The Labute approximate surface area is 692 Å². The fraction of sp³-hybridized carbons (Fsp3) is 0.0179. The topological polar surface area (TPSA) is 104 Å². The molecule has 0 spiro atoms. The summed E-state index contributed by atoms with van der Waals surface area (Å²) < 4.78 is 13.6. The van der Waals surface area contributed by atoms with Gasteiger partial charge in [0, 0.05) is 54.9 Å². The van der Waals surface area contributed by atoms with E-state index in [0.29, 0.717) is 34.9 Å². The molecule has 22 aromatic rings. The van der Waals surface area contributed by atoms with Crippen LogP contribution in [0.3, 0.4) is 0 Å². The zero-order chi connectivity index (χ0) is 79.2. The van der Waals surface area contributed by atoms with Crippen molar-refractivity contribution in [3.63, 3.8) is 0 Å². The van der Waals surface area contributed by atoms with Crippen molar-refractivity contribution in [2.75, 3.05) is 0 Å². The molecule has 0 N–H and O–H groups in total. The molecule has 4 heterocycles. The summed E-state index contributed by atoms with van der Waals surface area (Å²) in [7, 11) is 0. The molecule has 0 fully saturated rings. The van der Waals surface area contributed by atoms with Crippen LogP contribution in [0.1, 0.15) is 44.5 Å². The molecule has 0 atom stereocenters. The van der Waals surface area contributed by atoms with Gasteiger partial charge < -0.3 is 8.83 Å². The van der Waals surface area contributed by atoms with Gasteiger partial charge in [0.25, 0.3) is 0 Å². The minimum Gasteiger partial charge on any atom is -0.456 e. The van der Waals surface area contributed by atoms with E-state index in [0.717, 1.165) is 121 Å². The molecule has 0 radical (unpaired) electrons. The number of rotatable bonds is 12. The first-order valence-corrected chi connectivity index (χ1v) is 40.7. The predicted octanol–water partition coefficient (Wildman–Crippen LogP) is 27.9. The number of nitrogens with zero attached hydrogens (tertiary/aromatic N) is 6. The Kier molecular flexibility index (Phi) is 16.5. The summed E-state index contributed by atoms with van der Waals surface area (Å²) in [4.78, 5) is 30.0. The van der Waals surface area contributed by atoms with E-state index in [4.69, 9.17) is 38.7 Å². The van der Waals surface area contributed by atoms with Crippen LogP contribution in [-0.2, 0) is 10.8 Å². The van der Waals surface area contributed by atoms with Gasteiger partial charge in [-0.2, -0.15) is 0 Å². The standard InChI is InChI=1S/2C56H35N3O/c1-4-15-36(16-5-1)53-57-54(37-17-6-2-7-18-37)59-55(58-53)41-30-28-38-33-40(29-27-39(38)34-41)44-23-14-26-50-52(44)47-32-31-43(35-51(47)60-50)56(42-19-8-3-9-20-42)48-24-12-10-21-45(48)46-22-11-13-25-49(46)56;1-4-17-36(18-5-1)53-57-54(37-19-6-2-7-20-37)59-55(58-53)46-34-33-42(40-23-10-11-24-41(40)46)45-27-16-30-50-52(45)47-32-31-39(35-51(47)60-50)56(38-21-8-3-9-22-38)48-28-14-12-25-43(48)44-26-13-15-29-49(44)56/h2*1-35H. The minimum absolute atomic E-state index is 0.491. The molecule has 0 saturated heterocycles. The van der Waals surface area contributed by atoms with Crippen LogP contribution in [0.25, 0.3) is 178 Å². The predicted molar refractivity (Wildman–Crippen MR) is 487 cm³/mol. The molecule has 2 aliphatic carbocycles. The third-order valence-electron chi connectivity index (χ3n) is 24.4. The van der Waals surface area contributed by atoms with Crippen molar-refractivity contribution in [3.05, 3.63) is 469 Å². The SMILES string of the molecule is c1ccc(-c2nc(-c3ccccc3)nc(-c3ccc(-c4cccc5oc6cc(C7(c8ccccc8)c8ccccc8-c8ccccc87)ccc6c45)c4ccccc34)n2)cc1.c1ccc(-c2nc(-c3ccccc3)nc(-c3ccc4cc(-c5cccc6oc7cc(C8(c9ccccc9)c9ccccc9-c9ccccc98)ccc7c56)ccc4c3)n2)cc1. The van der Waals surface area contributed by atoms with Crippen LogP contribution in [0, 0.1) is 0 Å². The zero-order valence-corrected chi connectivity index (χ0v) is 64.9. The van der Waals surface area contributed by atoms with Crippen molar-refractivity contribution in [1.82, 2.24) is 29.9 Å². The summed E-state index contributed by atoms with van der Waals surface area (Å²) in [5, 5.41) is 8.80. The highest BCUT2D eigenvalue weighted by molar-refractivity contribution is 6.17. The van der Waals surface area contributed by atoms with E-state index in [1.165, 1.54) is 66.8 Å². The van der Waals surface area contributed by atoms with E-state index in [-0.39, 0.29) is 0 Å². The van der Waals surface area contributed by atoms with Crippen molar-refractivity contribution in [1.29, 1.82) is 0 Å². The lowest BCUT2D eigenvalue weighted by Gasteiger charge is -2.33. The van der Waals surface area contributed by atoms with Crippen molar-refractivity contribution >= 4 is 65.4 Å². The number of fused-ring (bicyclic) bond motifs is 14. The van der Waals surface area contributed by atoms with Gasteiger partial charge in [0.2, 0.25) is 0 Å². The molecule has 560 valence electrons. The third-order valence-corrected chi connectivity index (χ3v) is 24.4. The second-order valence-electron chi connectivity index (χ2n) is 31.0. The second kappa shape index (κ2) is 28.5. The molecular weight excluding hydrogens is 1460 g/mol. The first-order chi connectivity index (χ1) is 59.5. The molecule has 0 saturated carbocycles. The Morgan fingerprint density at radius 2 is 0.483 bits per heavy atom. The van der Waals surface area contributed by atoms with E-state index in [1.54, 1.807) is 0 Å². The largest absolute Gasteiger partial charge is 0.456 e. The maximum absolute atomic E-state index is 6.86. The van der Waals surface area contributed by atoms with Gasteiger partial charge in [-0.15, -0.1) is 0 Å². The van der Waals surface area contributed by atoms with Crippen LogP contribution in [0.2, 0.25) is 0 Å². The van der Waals surface area contributed by atoms with Gasteiger partial charge in [0.15, 0.2) is 34.9 Å². The number of furan rings is 2. The summed E-state index contributed by atoms with van der Waals surface area (Å²) in [6.07, 6.45) is 0. The van der Waals surface area contributed by atoms with Crippen molar-refractivity contribution in [3.8, 4) is 113 Å². The molecule has 2 aliphatic rings. The maximum Gasteiger partial charge on any atom is 0.164 e. The van der Waals surface area contributed by atoms with Gasteiger partial charge >= 0.3 is 0 Å². The molecule has 0 unspecified atom stereocenters. The first-order valence-electron chi connectivity index (χ1n) is 40.7. The molecule has 24 rings (SSSR count). The number of benzene rings is 18. The lowest BCUT2D eigenvalue weighted by molar-refractivity contribution is 0.665. The van der Waals surface area contributed by atoms with E-state index in [9.17, 15) is 0 Å². The zero-order valence-electron chi connectivity index (χ0n) is 64.9. The average Bonchev–Trinajstić information content (AvgIpc) is 1.53. The lowest BCUT2D eigenvalue weighted by atomic mass is 9.67. The number of hydrogen-bond acceptors (Lipinski definition) is 8. The molecule has 8 heteroatoms. The molecular formula is C112H70N6O2. The highest BCUT2D eigenvalue weighted by atomic mass is 16.3. The number of hydrogen-bond donors (Lipinski definition) is 0. The van der Waals surface area contributed by atoms with Crippen LogP contribution in [-0.4, -0.2) is 29.9 Å². The normalized spacial score (nSPS) is 12.8. The summed E-state index contributed by atoms with van der Waals surface area (Å²) in [6, 6.07) is 150. The second-order valence-corrected chi connectivity index (χ2v) is 31.0. The van der Waals surface area contributed by atoms with Gasteiger partial charge in [0.05, 0.1) is 10.8 Å². The summed E-state index contributed by atoms with van der Waals surface area (Å²) >= 11 is 0. The van der Waals surface area contributed by atoms with Crippen molar-refractivity contribution < 1.29 is 8.83 Å². The Morgan fingerprint density at radius 1 is 0.167 bits per heavy atom. The van der Waals surface area contributed by atoms with Gasteiger partial charge in [-0.25, -0.2) is 29.9 Å². The monoisotopic (exact) mass is 1530 g/mol. The molecule has 0 bridgehead atoms. The number of aromatic nitrogens is 6. The quantitative estimate of drug-likeness (QED) is 0.119. The van der Waals surface area contributed by atoms with Crippen LogP contribution >= 0.6 is 0 Å². The van der Waals surface area contributed by atoms with E-state index >= 15 is 0 Å². The van der Waals surface area contributed by atoms with E-state index in [2.05, 4.69) is 303 Å². The van der Waals surface area contributed by atoms with Gasteiger partial charge in [-0.05, 0) is 153 Å². The van der Waals surface area contributed by atoms with Crippen LogP contribution < -0.4 is 0 Å². The summed E-state index contributed by atoms with van der Waals surface area (Å²) in [5.41, 5.74) is 27.7. The van der Waals surface area contributed by atoms with Crippen LogP contribution in [0.15, 0.2) is 433 Å². The Hall–Kier alpha value is -15.9. The Bertz CT molecular complexity index is 7570. The Balaban J connectivity index is 0.000000140. The Morgan fingerprint density at radius 3 is 0.908 bits per heavy atom. The van der Waals surface area contributed by atoms with Gasteiger partial charge in [0.1, 0.15) is 22.3 Å². The molecule has 4 aromatic heterocycles. The van der Waals surface area contributed by atoms with Gasteiger partial charge in [-0.3, -0.25) is 0 Å². The maximum atomic E-state index is 6.86. The van der Waals surface area contributed by atoms with E-state index < -0.39 is 10.8 Å². The molecule has 0 aliphatic heterocycles. The molecule has 0 amide bonds. The van der Waals surface area contributed by atoms with Gasteiger partial charge in [-0.1, -0.05) is 382 Å². The highest BCUT2D eigenvalue weighted by Gasteiger charge is 2.48. The fourth-order valence-corrected chi connectivity index (χ4v) is 19.2. The van der Waals surface area contributed by atoms with Crippen LogP contribution in [0.4, 0.5) is 0 Å². The summed E-state index contributed by atoms with van der Waals surface area (Å²) in [6.45, 7) is 0. The summed E-state index contributed by atoms with van der Waals surface area (Å²) in [5.74, 6) is 3.85. The highest BCUT2D eigenvalue weighted by Crippen LogP contribution is 2.59. The first kappa shape index (κ1) is 69.6. The average molecular weight is 1530 g/mol. The fourth-order valence-electron chi connectivity index (χ4n) is 19.2. The minimum atomic E-state index is -0.508. The molecule has 8 nitrogen and oxygen atoms in total. The molecule has 18 aromatic carbocycles.